The number of furan rings is 1. The summed E-state index contributed by atoms with van der Waals surface area (Å²) in [5.41, 5.74) is 1.81. The quantitative estimate of drug-likeness (QED) is 0.501. The summed E-state index contributed by atoms with van der Waals surface area (Å²) in [5.74, 6) is 1.48. The van der Waals surface area contributed by atoms with Gasteiger partial charge in [0.2, 0.25) is 10.0 Å². The summed E-state index contributed by atoms with van der Waals surface area (Å²) in [4.78, 5) is 0.114. The van der Waals surface area contributed by atoms with E-state index in [1.165, 1.54) is 12.1 Å². The highest BCUT2D eigenvalue weighted by Gasteiger charge is 2.09. The van der Waals surface area contributed by atoms with Crippen LogP contribution in [0.4, 0.5) is 0 Å². The van der Waals surface area contributed by atoms with E-state index in [-0.39, 0.29) is 17.3 Å². The molecule has 3 N–H and O–H groups in total. The third-order valence-electron chi connectivity index (χ3n) is 4.00. The first-order chi connectivity index (χ1) is 12.8. The van der Waals surface area contributed by atoms with Gasteiger partial charge in [0, 0.05) is 10.6 Å². The second-order valence-corrected chi connectivity index (χ2v) is 8.41. The predicted molar refractivity (Wildman–Crippen MR) is 115 cm³/mol. The number of hydrogen-bond donors (Lipinski definition) is 2. The van der Waals surface area contributed by atoms with E-state index in [1.807, 2.05) is 18.2 Å². The van der Waals surface area contributed by atoms with Crippen LogP contribution in [0.2, 0.25) is 10.0 Å². The summed E-state index contributed by atoms with van der Waals surface area (Å²) < 4.78 is 28.3. The Balaban J connectivity index is 0.00000280. The fourth-order valence-electron chi connectivity index (χ4n) is 2.60. The molecule has 3 aromatic rings. The van der Waals surface area contributed by atoms with Crippen molar-refractivity contribution in [1.29, 1.82) is 0 Å². The Morgan fingerprint density at radius 2 is 1.71 bits per heavy atom. The highest BCUT2D eigenvalue weighted by Crippen LogP contribution is 2.31. The van der Waals surface area contributed by atoms with Gasteiger partial charge in [-0.3, -0.25) is 0 Å². The van der Waals surface area contributed by atoms with Gasteiger partial charge in [0.05, 0.1) is 16.5 Å². The SMILES string of the molecule is Cl.NS(=O)(=O)c1ccc(CCNCc2ccc(-c3ccc(Cl)cc3Cl)o2)cc1. The molecule has 0 amide bonds. The van der Waals surface area contributed by atoms with Crippen molar-refractivity contribution in [3.8, 4) is 11.3 Å². The van der Waals surface area contributed by atoms with Gasteiger partial charge in [0.1, 0.15) is 11.5 Å². The summed E-state index contributed by atoms with van der Waals surface area (Å²) in [5, 5.41) is 9.50. The molecule has 0 spiro atoms. The summed E-state index contributed by atoms with van der Waals surface area (Å²) in [6.07, 6.45) is 0.751. The van der Waals surface area contributed by atoms with E-state index in [2.05, 4.69) is 5.32 Å². The minimum absolute atomic E-state index is 0. The zero-order chi connectivity index (χ0) is 19.4. The highest BCUT2D eigenvalue weighted by molar-refractivity contribution is 7.89. The first-order valence-corrected chi connectivity index (χ1v) is 10.5. The Labute approximate surface area is 180 Å². The number of sulfonamides is 1. The molecule has 150 valence electrons. The third-order valence-corrected chi connectivity index (χ3v) is 5.48. The molecule has 0 saturated carbocycles. The van der Waals surface area contributed by atoms with Crippen molar-refractivity contribution < 1.29 is 12.8 Å². The molecule has 0 saturated heterocycles. The minimum atomic E-state index is -3.65. The van der Waals surface area contributed by atoms with Crippen LogP contribution in [0.3, 0.4) is 0 Å². The number of primary sulfonamides is 1. The van der Waals surface area contributed by atoms with Crippen molar-refractivity contribution >= 4 is 45.6 Å². The maximum absolute atomic E-state index is 11.2. The zero-order valence-electron chi connectivity index (χ0n) is 14.7. The van der Waals surface area contributed by atoms with E-state index < -0.39 is 10.0 Å². The number of halogens is 3. The van der Waals surface area contributed by atoms with E-state index in [4.69, 9.17) is 32.8 Å². The predicted octanol–water partition coefficient (Wildman–Crippen LogP) is 4.65. The average molecular weight is 462 g/mol. The van der Waals surface area contributed by atoms with Crippen molar-refractivity contribution in [2.24, 2.45) is 5.14 Å². The molecule has 9 heteroatoms. The molecule has 0 unspecified atom stereocenters. The van der Waals surface area contributed by atoms with Crippen LogP contribution < -0.4 is 10.5 Å². The van der Waals surface area contributed by atoms with Crippen molar-refractivity contribution in [2.45, 2.75) is 17.9 Å². The maximum Gasteiger partial charge on any atom is 0.238 e. The van der Waals surface area contributed by atoms with Crippen molar-refractivity contribution in [3.05, 3.63) is 76.0 Å². The second-order valence-electron chi connectivity index (χ2n) is 6.01. The molecule has 3 rings (SSSR count). The van der Waals surface area contributed by atoms with Gasteiger partial charge in [-0.1, -0.05) is 35.3 Å². The molecular formula is C19H19Cl3N2O3S. The van der Waals surface area contributed by atoms with Gasteiger partial charge in [-0.2, -0.15) is 0 Å². The molecule has 0 atom stereocenters. The lowest BCUT2D eigenvalue weighted by atomic mass is 10.1. The molecule has 5 nitrogen and oxygen atoms in total. The Hall–Kier alpha value is -1.54. The smallest absolute Gasteiger partial charge is 0.238 e. The number of benzene rings is 2. The fraction of sp³-hybridized carbons (Fsp3) is 0.158. The minimum Gasteiger partial charge on any atom is -0.460 e. The standard InChI is InChI=1S/C19H18Cl2N2O3S.ClH/c20-14-3-7-17(18(21)11-14)19-8-4-15(26-19)12-23-10-9-13-1-5-16(6-2-13)27(22,24)25;/h1-8,11,23H,9-10,12H2,(H2,22,24,25);1H. The monoisotopic (exact) mass is 460 g/mol. The van der Waals surface area contributed by atoms with Crippen molar-refractivity contribution in [1.82, 2.24) is 5.32 Å². The maximum atomic E-state index is 11.2. The number of rotatable bonds is 7. The Bertz CT molecular complexity index is 1030. The zero-order valence-corrected chi connectivity index (χ0v) is 17.8. The van der Waals surface area contributed by atoms with Gasteiger partial charge in [-0.15, -0.1) is 12.4 Å². The molecule has 1 heterocycles. The van der Waals surface area contributed by atoms with Crippen LogP contribution >= 0.6 is 35.6 Å². The molecule has 0 radical (unpaired) electrons. The molecule has 2 aromatic carbocycles. The van der Waals surface area contributed by atoms with E-state index >= 15 is 0 Å². The number of hydrogen-bond acceptors (Lipinski definition) is 4. The average Bonchev–Trinajstić information content (AvgIpc) is 3.07. The van der Waals surface area contributed by atoms with Crippen LogP contribution in [0.25, 0.3) is 11.3 Å². The van der Waals surface area contributed by atoms with Gasteiger partial charge in [0.15, 0.2) is 0 Å². The molecular weight excluding hydrogens is 443 g/mol. The van der Waals surface area contributed by atoms with Crippen LogP contribution in [-0.4, -0.2) is 15.0 Å². The van der Waals surface area contributed by atoms with Crippen LogP contribution in [-0.2, 0) is 23.0 Å². The molecule has 0 aliphatic heterocycles. The van der Waals surface area contributed by atoms with Gasteiger partial charge in [-0.05, 0) is 61.0 Å². The fourth-order valence-corrected chi connectivity index (χ4v) is 3.61. The van der Waals surface area contributed by atoms with Crippen LogP contribution in [0, 0.1) is 0 Å². The van der Waals surface area contributed by atoms with E-state index in [0.29, 0.717) is 28.9 Å². The Morgan fingerprint density at radius 1 is 1.00 bits per heavy atom. The molecule has 1 aromatic heterocycles. The van der Waals surface area contributed by atoms with Crippen molar-refractivity contribution in [3.63, 3.8) is 0 Å². The topological polar surface area (TPSA) is 85.3 Å². The van der Waals surface area contributed by atoms with E-state index in [0.717, 1.165) is 23.3 Å². The van der Waals surface area contributed by atoms with E-state index in [9.17, 15) is 8.42 Å². The Morgan fingerprint density at radius 3 is 2.36 bits per heavy atom. The summed E-state index contributed by atoms with van der Waals surface area (Å²) in [6, 6.07) is 15.6. The van der Waals surface area contributed by atoms with Gasteiger partial charge >= 0.3 is 0 Å². The lowest BCUT2D eigenvalue weighted by Gasteiger charge is -2.05. The first kappa shape index (κ1) is 22.7. The molecule has 0 bridgehead atoms. The number of nitrogens with two attached hydrogens (primary N) is 1. The van der Waals surface area contributed by atoms with Crippen LogP contribution in [0.1, 0.15) is 11.3 Å². The first-order valence-electron chi connectivity index (χ1n) is 8.19. The van der Waals surface area contributed by atoms with Crippen LogP contribution in [0.15, 0.2) is 63.9 Å². The van der Waals surface area contributed by atoms with Gasteiger partial charge in [-0.25, -0.2) is 13.6 Å². The summed E-state index contributed by atoms with van der Waals surface area (Å²) >= 11 is 12.1. The van der Waals surface area contributed by atoms with E-state index in [1.54, 1.807) is 24.3 Å². The van der Waals surface area contributed by atoms with Crippen LogP contribution in [0.5, 0.6) is 0 Å². The number of nitrogens with one attached hydrogen (secondary N) is 1. The van der Waals surface area contributed by atoms with Gasteiger partial charge in [0.25, 0.3) is 0 Å². The normalized spacial score (nSPS) is 11.2. The summed E-state index contributed by atoms with van der Waals surface area (Å²) in [7, 11) is -3.65. The Kier molecular flexibility index (Phi) is 7.95. The third kappa shape index (κ3) is 5.98. The summed E-state index contributed by atoms with van der Waals surface area (Å²) in [6.45, 7) is 1.28. The van der Waals surface area contributed by atoms with Crippen molar-refractivity contribution in [2.75, 3.05) is 6.54 Å². The second kappa shape index (κ2) is 9.78. The molecule has 28 heavy (non-hydrogen) atoms. The molecule has 0 aliphatic carbocycles. The lowest BCUT2D eigenvalue weighted by Crippen LogP contribution is -2.16. The molecule has 0 aliphatic rings. The largest absolute Gasteiger partial charge is 0.460 e. The highest BCUT2D eigenvalue weighted by atomic mass is 35.5. The lowest BCUT2D eigenvalue weighted by molar-refractivity contribution is 0.495. The molecule has 0 fully saturated rings. The van der Waals surface area contributed by atoms with Gasteiger partial charge < -0.3 is 9.73 Å².